The molecule has 0 saturated heterocycles. The van der Waals surface area contributed by atoms with E-state index in [9.17, 15) is 15.2 Å². The molecule has 2 aliphatic rings. The molecule has 4 unspecified atom stereocenters. The van der Waals surface area contributed by atoms with E-state index in [2.05, 4.69) is 13.0 Å². The number of nitriles is 1. The van der Waals surface area contributed by atoms with Gasteiger partial charge in [-0.25, -0.2) is 0 Å². The predicted octanol–water partition coefficient (Wildman–Crippen LogP) is 2.21. The normalized spacial score (nSPS) is 46.9. The number of fused-ring (bicyclic) bond motifs is 2. The second kappa shape index (κ2) is 3.68. The molecule has 0 radical (unpaired) electrons. The topological polar surface area (TPSA) is 61.1 Å². The third-order valence-corrected chi connectivity index (χ3v) is 4.43. The van der Waals surface area contributed by atoms with Crippen LogP contribution in [-0.2, 0) is 4.79 Å². The van der Waals surface area contributed by atoms with Crippen molar-refractivity contribution in [3.05, 3.63) is 11.6 Å². The lowest BCUT2D eigenvalue weighted by atomic mass is 9.67. The summed E-state index contributed by atoms with van der Waals surface area (Å²) in [5.41, 5.74) is -0.449. The summed E-state index contributed by atoms with van der Waals surface area (Å²) in [6, 6.07) is 2.37. The van der Waals surface area contributed by atoms with Gasteiger partial charge in [0.1, 0.15) is 0 Å². The highest BCUT2D eigenvalue weighted by atomic mass is 16.3. The van der Waals surface area contributed by atoms with Gasteiger partial charge in [0.2, 0.25) is 0 Å². The van der Waals surface area contributed by atoms with Crippen LogP contribution in [0.15, 0.2) is 11.6 Å². The molecule has 92 valence electrons. The summed E-state index contributed by atoms with van der Waals surface area (Å²) in [6.45, 7) is 5.39. The zero-order valence-corrected chi connectivity index (χ0v) is 10.7. The molecule has 4 atom stereocenters. The second-order valence-corrected chi connectivity index (χ2v) is 5.98. The molecule has 0 aromatic carbocycles. The quantitative estimate of drug-likeness (QED) is 0.706. The second-order valence-electron chi connectivity index (χ2n) is 5.98. The van der Waals surface area contributed by atoms with E-state index in [0.29, 0.717) is 12.8 Å². The van der Waals surface area contributed by atoms with Gasteiger partial charge < -0.3 is 5.11 Å². The van der Waals surface area contributed by atoms with Crippen LogP contribution in [0, 0.1) is 28.6 Å². The monoisotopic (exact) mass is 233 g/mol. The number of carbonyl (C=O) groups is 1. The number of allylic oxidation sites excluding steroid dienone is 2. The summed E-state index contributed by atoms with van der Waals surface area (Å²) in [5.74, 6) is 0.388. The smallest absolute Gasteiger partial charge is 0.152 e. The van der Waals surface area contributed by atoms with Gasteiger partial charge >= 0.3 is 0 Å². The summed E-state index contributed by atoms with van der Waals surface area (Å²) in [6.07, 6.45) is 3.64. The Morgan fingerprint density at radius 1 is 1.65 bits per heavy atom. The Morgan fingerprint density at radius 2 is 2.29 bits per heavy atom. The minimum atomic E-state index is -0.767. The molecule has 2 aliphatic carbocycles. The Hall–Kier alpha value is -1.14. The maximum atomic E-state index is 11.3. The van der Waals surface area contributed by atoms with E-state index in [1.165, 1.54) is 6.92 Å². The van der Waals surface area contributed by atoms with Crippen molar-refractivity contribution >= 4 is 5.78 Å². The van der Waals surface area contributed by atoms with Crippen LogP contribution >= 0.6 is 0 Å². The van der Waals surface area contributed by atoms with Gasteiger partial charge in [-0.05, 0) is 56.6 Å². The van der Waals surface area contributed by atoms with Gasteiger partial charge in [0.05, 0.1) is 17.1 Å². The van der Waals surface area contributed by atoms with Crippen molar-refractivity contribution in [2.45, 2.75) is 45.6 Å². The molecule has 0 aliphatic heterocycles. The van der Waals surface area contributed by atoms with E-state index in [4.69, 9.17) is 0 Å². The number of carbonyl (C=O) groups excluding carboxylic acids is 1. The first kappa shape index (κ1) is 12.3. The molecule has 0 spiro atoms. The van der Waals surface area contributed by atoms with Gasteiger partial charge in [-0.2, -0.15) is 5.26 Å². The fourth-order valence-electron chi connectivity index (χ4n) is 3.70. The molecule has 3 heteroatoms. The van der Waals surface area contributed by atoms with E-state index in [1.807, 2.05) is 6.92 Å². The molecule has 17 heavy (non-hydrogen) atoms. The number of rotatable bonds is 1. The van der Waals surface area contributed by atoms with Crippen molar-refractivity contribution in [3.8, 4) is 6.07 Å². The molecule has 2 saturated carbocycles. The lowest BCUT2D eigenvalue weighted by Gasteiger charge is -2.34. The minimum absolute atomic E-state index is 0.00790. The summed E-state index contributed by atoms with van der Waals surface area (Å²) < 4.78 is 0. The van der Waals surface area contributed by atoms with E-state index < -0.39 is 11.0 Å². The summed E-state index contributed by atoms with van der Waals surface area (Å²) in [4.78, 5) is 11.3. The minimum Gasteiger partial charge on any atom is -0.390 e. The van der Waals surface area contributed by atoms with Gasteiger partial charge in [-0.1, -0.05) is 6.92 Å². The van der Waals surface area contributed by atoms with Crippen LogP contribution < -0.4 is 0 Å². The maximum Gasteiger partial charge on any atom is 0.152 e. The van der Waals surface area contributed by atoms with Crippen LogP contribution in [0.5, 0.6) is 0 Å². The van der Waals surface area contributed by atoms with Crippen LogP contribution in [0.3, 0.4) is 0 Å². The van der Waals surface area contributed by atoms with Crippen molar-refractivity contribution in [1.29, 1.82) is 5.26 Å². The van der Waals surface area contributed by atoms with Crippen LogP contribution in [-0.4, -0.2) is 16.5 Å². The molecule has 2 bridgehead atoms. The largest absolute Gasteiger partial charge is 0.390 e. The van der Waals surface area contributed by atoms with Crippen molar-refractivity contribution in [1.82, 2.24) is 0 Å². The maximum absolute atomic E-state index is 11.3. The van der Waals surface area contributed by atoms with E-state index in [0.717, 1.165) is 12.0 Å². The fraction of sp³-hybridized carbons (Fsp3) is 0.714. The van der Waals surface area contributed by atoms with Crippen molar-refractivity contribution in [2.24, 2.45) is 17.3 Å². The number of ketones is 1. The first-order valence-corrected chi connectivity index (χ1v) is 6.17. The average Bonchev–Trinajstić information content (AvgIpc) is 2.43. The number of aliphatic hydroxyl groups is 1. The van der Waals surface area contributed by atoms with Crippen molar-refractivity contribution in [3.63, 3.8) is 0 Å². The van der Waals surface area contributed by atoms with E-state index in [1.54, 1.807) is 6.08 Å². The van der Waals surface area contributed by atoms with Crippen LogP contribution in [0.25, 0.3) is 0 Å². The summed E-state index contributed by atoms with van der Waals surface area (Å²) in [5, 5.41) is 19.9. The Morgan fingerprint density at radius 3 is 2.82 bits per heavy atom. The van der Waals surface area contributed by atoms with Gasteiger partial charge in [0.15, 0.2) is 5.78 Å². The van der Waals surface area contributed by atoms with Crippen molar-refractivity contribution < 1.29 is 9.90 Å². The Balaban J connectivity index is 2.49. The van der Waals surface area contributed by atoms with Crippen LogP contribution in [0.1, 0.15) is 40.0 Å². The Bertz CT molecular complexity index is 430. The molecule has 0 aromatic rings. The predicted molar refractivity (Wildman–Crippen MR) is 63.9 cm³/mol. The summed E-state index contributed by atoms with van der Waals surface area (Å²) in [7, 11) is 0. The molecule has 2 fully saturated rings. The highest BCUT2D eigenvalue weighted by Crippen LogP contribution is 2.59. The standard InChI is InChI=1S/C14H19NO2/c1-9-4-11-6-14(8-15,7-13(11,3)17)12(9)5-10(2)16/h5,9,11,17H,4,6-7H2,1-3H3/b12-5+. The van der Waals surface area contributed by atoms with E-state index >= 15 is 0 Å². The zero-order chi connectivity index (χ0) is 12.8. The van der Waals surface area contributed by atoms with E-state index in [-0.39, 0.29) is 17.6 Å². The van der Waals surface area contributed by atoms with Crippen LogP contribution in [0.4, 0.5) is 0 Å². The fourth-order valence-corrected chi connectivity index (χ4v) is 3.70. The molecule has 3 nitrogen and oxygen atoms in total. The Labute approximate surface area is 102 Å². The van der Waals surface area contributed by atoms with Gasteiger partial charge in [-0.3, -0.25) is 4.79 Å². The average molecular weight is 233 g/mol. The van der Waals surface area contributed by atoms with Gasteiger partial charge in [0.25, 0.3) is 0 Å². The molecule has 0 amide bonds. The highest BCUT2D eigenvalue weighted by Gasteiger charge is 2.57. The van der Waals surface area contributed by atoms with Crippen LogP contribution in [0.2, 0.25) is 0 Å². The molecule has 1 N–H and O–H groups in total. The van der Waals surface area contributed by atoms with Crippen molar-refractivity contribution in [2.75, 3.05) is 0 Å². The first-order valence-electron chi connectivity index (χ1n) is 6.17. The highest BCUT2D eigenvalue weighted by molar-refractivity contribution is 5.88. The zero-order valence-electron chi connectivity index (χ0n) is 10.7. The molecular weight excluding hydrogens is 214 g/mol. The molecule has 0 heterocycles. The lowest BCUT2D eigenvalue weighted by molar-refractivity contribution is -0.112. The number of nitrogens with zero attached hydrogens (tertiary/aromatic N) is 1. The number of hydrogen-bond acceptors (Lipinski definition) is 3. The van der Waals surface area contributed by atoms with Gasteiger partial charge in [0, 0.05) is 0 Å². The Kier molecular flexibility index (Phi) is 2.67. The summed E-state index contributed by atoms with van der Waals surface area (Å²) >= 11 is 0. The first-order chi connectivity index (χ1) is 7.81. The molecule has 2 rings (SSSR count). The molecule has 0 aromatic heterocycles. The third kappa shape index (κ3) is 1.81. The SMILES string of the molecule is CC(=O)/C=C1\C(C)CC2CC1(C#N)CC2(C)O. The lowest BCUT2D eigenvalue weighted by Crippen LogP contribution is -2.30. The van der Waals surface area contributed by atoms with Gasteiger partial charge in [-0.15, -0.1) is 0 Å². The number of hydrogen-bond donors (Lipinski definition) is 1. The molecular formula is C14H19NO2. The third-order valence-electron chi connectivity index (χ3n) is 4.43.